The molecule has 0 radical (unpaired) electrons. The Morgan fingerprint density at radius 3 is 2.91 bits per heavy atom. The molecular weight excluding hydrogens is 462 g/mol. The number of rotatable bonds is 7. The van der Waals surface area contributed by atoms with E-state index in [4.69, 9.17) is 4.98 Å². The van der Waals surface area contributed by atoms with E-state index in [1.165, 1.54) is 24.2 Å². The van der Waals surface area contributed by atoms with E-state index in [9.17, 15) is 9.90 Å². The van der Waals surface area contributed by atoms with Crippen LogP contribution in [0.2, 0.25) is 0 Å². The fraction of sp³-hybridized carbons (Fsp3) is 0.320. The van der Waals surface area contributed by atoms with Gasteiger partial charge in [0, 0.05) is 49.9 Å². The lowest BCUT2D eigenvalue weighted by atomic mass is 9.91. The number of amides is 1. The maximum atomic E-state index is 12.5. The zero-order chi connectivity index (χ0) is 24.0. The number of aliphatic hydroxyl groups is 1. The number of likely N-dealkylation sites (tertiary alicyclic amines) is 1. The Bertz CT molecular complexity index is 1400. The molecule has 0 spiro atoms. The number of likely N-dealkylation sites (N-methyl/N-ethyl adjacent to an activating group) is 1. The van der Waals surface area contributed by atoms with Crippen LogP contribution in [0.5, 0.6) is 0 Å². The molecule has 1 amide bonds. The zero-order valence-corrected chi connectivity index (χ0v) is 20.1. The number of aromatic nitrogens is 5. The van der Waals surface area contributed by atoms with Gasteiger partial charge in [-0.05, 0) is 36.5 Å². The lowest BCUT2D eigenvalue weighted by molar-refractivity contribution is -0.143. The highest BCUT2D eigenvalue weighted by atomic mass is 32.1. The molecule has 4 heterocycles. The van der Waals surface area contributed by atoms with Gasteiger partial charge < -0.3 is 15.3 Å². The minimum absolute atomic E-state index is 0.270. The highest BCUT2D eigenvalue weighted by Gasteiger charge is 2.45. The molecule has 1 saturated carbocycles. The number of benzene rings is 1. The molecule has 10 heteroatoms. The standard InChI is InChI=1S/C25H25N7O2S/c1-31-10-8-25(34,23(31)33)18-4-2-3-17(11-18)22-29-21(15-35-22)20-7-9-26-24(30-20)28-19-12-27-32(14-19)13-16-5-6-16/h2-4,7,9,11-12,14-16,34H,5-6,8,10,13H2,1H3,(H,26,28,30)/t25-/m1/s1. The van der Waals surface area contributed by atoms with E-state index >= 15 is 0 Å². The molecule has 1 aliphatic heterocycles. The summed E-state index contributed by atoms with van der Waals surface area (Å²) in [6.45, 7) is 1.49. The molecule has 4 aromatic rings. The summed E-state index contributed by atoms with van der Waals surface area (Å²) in [7, 11) is 1.71. The molecule has 3 aromatic heterocycles. The Labute approximate surface area is 206 Å². The quantitative estimate of drug-likeness (QED) is 0.409. The number of nitrogens with one attached hydrogen (secondary N) is 1. The third-order valence-corrected chi connectivity index (χ3v) is 7.44. The summed E-state index contributed by atoms with van der Waals surface area (Å²) < 4.78 is 1.96. The molecule has 9 nitrogen and oxygen atoms in total. The van der Waals surface area contributed by atoms with E-state index in [1.54, 1.807) is 30.4 Å². The topological polar surface area (TPSA) is 109 Å². The smallest absolute Gasteiger partial charge is 0.258 e. The Morgan fingerprint density at radius 2 is 2.11 bits per heavy atom. The van der Waals surface area contributed by atoms with Crippen molar-refractivity contribution in [3.05, 3.63) is 59.9 Å². The van der Waals surface area contributed by atoms with Crippen LogP contribution in [0.25, 0.3) is 22.0 Å². The van der Waals surface area contributed by atoms with E-state index in [2.05, 4.69) is 20.4 Å². The van der Waals surface area contributed by atoms with E-state index in [-0.39, 0.29) is 5.91 Å². The van der Waals surface area contributed by atoms with Gasteiger partial charge in [0.05, 0.1) is 17.6 Å². The van der Waals surface area contributed by atoms with E-state index in [0.717, 1.165) is 34.4 Å². The second-order valence-electron chi connectivity index (χ2n) is 9.24. The van der Waals surface area contributed by atoms with Crippen LogP contribution in [0.3, 0.4) is 0 Å². The Hall–Kier alpha value is -3.63. The predicted octanol–water partition coefficient (Wildman–Crippen LogP) is 3.67. The summed E-state index contributed by atoms with van der Waals surface area (Å²) in [5.41, 5.74) is 2.26. The first-order chi connectivity index (χ1) is 17.0. The number of carbonyl (C=O) groups excluding carboxylic acids is 1. The van der Waals surface area contributed by atoms with Crippen molar-refractivity contribution in [2.24, 2.45) is 5.92 Å². The second-order valence-corrected chi connectivity index (χ2v) is 10.1. The van der Waals surface area contributed by atoms with Crippen LogP contribution in [-0.2, 0) is 16.9 Å². The average molecular weight is 488 g/mol. The van der Waals surface area contributed by atoms with E-state index in [0.29, 0.717) is 30.2 Å². The van der Waals surface area contributed by atoms with Gasteiger partial charge in [0.1, 0.15) is 10.7 Å². The largest absolute Gasteiger partial charge is 0.375 e. The zero-order valence-electron chi connectivity index (χ0n) is 19.3. The minimum atomic E-state index is -1.48. The summed E-state index contributed by atoms with van der Waals surface area (Å²) in [6, 6.07) is 9.26. The molecule has 178 valence electrons. The number of nitrogens with zero attached hydrogens (tertiary/aromatic N) is 6. The molecule has 0 unspecified atom stereocenters. The van der Waals surface area contributed by atoms with Crippen LogP contribution in [0.1, 0.15) is 24.8 Å². The van der Waals surface area contributed by atoms with Gasteiger partial charge >= 0.3 is 0 Å². The molecule has 1 atom stereocenters. The molecule has 1 saturated heterocycles. The van der Waals surface area contributed by atoms with Gasteiger partial charge in [-0.3, -0.25) is 9.48 Å². The van der Waals surface area contributed by atoms with Crippen molar-refractivity contribution in [2.75, 3.05) is 18.9 Å². The number of hydrogen-bond donors (Lipinski definition) is 2. The molecular formula is C25H25N7O2S. The first-order valence-corrected chi connectivity index (χ1v) is 12.5. The lowest BCUT2D eigenvalue weighted by Crippen LogP contribution is -2.36. The number of thiazole rings is 1. The molecule has 1 aromatic carbocycles. The van der Waals surface area contributed by atoms with Crippen molar-refractivity contribution in [1.29, 1.82) is 0 Å². The van der Waals surface area contributed by atoms with Gasteiger partial charge in [0.25, 0.3) is 5.91 Å². The van der Waals surface area contributed by atoms with Gasteiger partial charge in [-0.1, -0.05) is 18.2 Å². The molecule has 0 bridgehead atoms. The van der Waals surface area contributed by atoms with Crippen molar-refractivity contribution >= 4 is 28.9 Å². The summed E-state index contributed by atoms with van der Waals surface area (Å²) in [4.78, 5) is 27.8. The maximum absolute atomic E-state index is 12.5. The summed E-state index contributed by atoms with van der Waals surface area (Å²) in [5, 5.41) is 21.4. The Kier molecular flexibility index (Phi) is 5.34. The third-order valence-electron chi connectivity index (χ3n) is 6.55. The molecule has 1 aliphatic carbocycles. The molecule has 6 rings (SSSR count). The predicted molar refractivity (Wildman–Crippen MR) is 133 cm³/mol. The van der Waals surface area contributed by atoms with Crippen LogP contribution in [-0.4, -0.2) is 54.2 Å². The average Bonchev–Trinajstić information content (AvgIpc) is 3.25. The van der Waals surface area contributed by atoms with E-state index < -0.39 is 5.60 Å². The highest BCUT2D eigenvalue weighted by molar-refractivity contribution is 7.13. The van der Waals surface area contributed by atoms with Crippen LogP contribution in [0.15, 0.2) is 54.3 Å². The Balaban J connectivity index is 1.21. The second kappa shape index (κ2) is 8.54. The van der Waals surface area contributed by atoms with E-state index in [1.807, 2.05) is 40.5 Å². The summed E-state index contributed by atoms with van der Waals surface area (Å²) in [6.07, 6.45) is 8.41. The first-order valence-electron chi connectivity index (χ1n) is 11.7. The fourth-order valence-corrected chi connectivity index (χ4v) is 5.15. The number of carbonyl (C=O) groups is 1. The van der Waals surface area contributed by atoms with Crippen LogP contribution in [0, 0.1) is 5.92 Å². The highest BCUT2D eigenvalue weighted by Crippen LogP contribution is 2.36. The maximum Gasteiger partial charge on any atom is 0.258 e. The van der Waals surface area contributed by atoms with Gasteiger partial charge in [-0.15, -0.1) is 11.3 Å². The normalized spacial score (nSPS) is 19.9. The van der Waals surface area contributed by atoms with Crippen LogP contribution >= 0.6 is 11.3 Å². The fourth-order valence-electron chi connectivity index (χ4n) is 4.34. The van der Waals surface area contributed by atoms with Gasteiger partial charge in [-0.25, -0.2) is 15.0 Å². The lowest BCUT2D eigenvalue weighted by Gasteiger charge is -2.21. The van der Waals surface area contributed by atoms with Gasteiger partial charge in [0.15, 0.2) is 5.60 Å². The molecule has 2 aliphatic rings. The monoisotopic (exact) mass is 487 g/mol. The SMILES string of the molecule is CN1CC[C@@](O)(c2cccc(-c3nc(-c4ccnc(Nc5cnn(CC6CC6)c5)n4)cs3)c2)C1=O. The van der Waals surface area contributed by atoms with Crippen molar-refractivity contribution in [3.63, 3.8) is 0 Å². The van der Waals surface area contributed by atoms with Crippen molar-refractivity contribution in [2.45, 2.75) is 31.4 Å². The summed E-state index contributed by atoms with van der Waals surface area (Å²) in [5.74, 6) is 0.967. The van der Waals surface area contributed by atoms with Crippen molar-refractivity contribution in [1.82, 2.24) is 29.6 Å². The van der Waals surface area contributed by atoms with Crippen LogP contribution < -0.4 is 5.32 Å². The number of hydrogen-bond acceptors (Lipinski definition) is 8. The van der Waals surface area contributed by atoms with Gasteiger partial charge in [-0.2, -0.15) is 5.10 Å². The molecule has 2 fully saturated rings. The van der Waals surface area contributed by atoms with Crippen molar-refractivity contribution in [3.8, 4) is 22.0 Å². The van der Waals surface area contributed by atoms with Crippen molar-refractivity contribution < 1.29 is 9.90 Å². The molecule has 35 heavy (non-hydrogen) atoms. The van der Waals surface area contributed by atoms with Gasteiger partial charge in [0.2, 0.25) is 5.95 Å². The summed E-state index contributed by atoms with van der Waals surface area (Å²) >= 11 is 1.49. The van der Waals surface area contributed by atoms with Crippen LogP contribution in [0.4, 0.5) is 11.6 Å². The molecule has 2 N–H and O–H groups in total. The number of anilines is 2. The minimum Gasteiger partial charge on any atom is -0.375 e. The third kappa shape index (κ3) is 4.30. The first kappa shape index (κ1) is 21.9. The Morgan fingerprint density at radius 1 is 1.23 bits per heavy atom.